The molecule has 0 aliphatic rings. The van der Waals surface area contributed by atoms with E-state index < -0.39 is 0 Å². The van der Waals surface area contributed by atoms with Gasteiger partial charge in [0.25, 0.3) is 5.91 Å². The summed E-state index contributed by atoms with van der Waals surface area (Å²) < 4.78 is 5.47. The molecule has 0 aliphatic heterocycles. The molecule has 2 aromatic rings. The third-order valence-electron chi connectivity index (χ3n) is 2.75. The van der Waals surface area contributed by atoms with Crippen LogP contribution in [0.4, 0.5) is 0 Å². The Kier molecular flexibility index (Phi) is 4.07. The van der Waals surface area contributed by atoms with Gasteiger partial charge in [-0.15, -0.1) is 10.2 Å². The van der Waals surface area contributed by atoms with E-state index in [1.807, 2.05) is 32.0 Å². The fourth-order valence-corrected chi connectivity index (χ4v) is 1.51. The second kappa shape index (κ2) is 5.94. The van der Waals surface area contributed by atoms with Crippen molar-refractivity contribution in [1.82, 2.24) is 25.9 Å². The third-order valence-corrected chi connectivity index (χ3v) is 2.75. The van der Waals surface area contributed by atoms with Crippen molar-refractivity contribution in [2.24, 2.45) is 0 Å². The van der Waals surface area contributed by atoms with E-state index in [1.54, 1.807) is 0 Å². The second-order valence-electron chi connectivity index (χ2n) is 4.09. The number of H-pyrrole nitrogens is 1. The van der Waals surface area contributed by atoms with Gasteiger partial charge in [0, 0.05) is 0 Å². The Morgan fingerprint density at radius 2 is 2.26 bits per heavy atom. The summed E-state index contributed by atoms with van der Waals surface area (Å²) in [6.45, 7) is 4.15. The molecule has 1 heterocycles. The molecule has 0 saturated carbocycles. The quantitative estimate of drug-likeness (QED) is 0.818. The zero-order chi connectivity index (χ0) is 13.7. The lowest BCUT2D eigenvalue weighted by Gasteiger charge is -2.10. The van der Waals surface area contributed by atoms with Crippen molar-refractivity contribution in [2.75, 3.05) is 6.61 Å². The molecular weight excluding hydrogens is 246 g/mol. The monoisotopic (exact) mass is 261 g/mol. The normalized spacial score (nSPS) is 10.2. The molecule has 19 heavy (non-hydrogen) atoms. The van der Waals surface area contributed by atoms with Gasteiger partial charge in [-0.05, 0) is 31.0 Å². The van der Waals surface area contributed by atoms with Crippen LogP contribution < -0.4 is 10.1 Å². The molecule has 0 atom stereocenters. The summed E-state index contributed by atoms with van der Waals surface area (Å²) in [6.07, 6.45) is 0. The van der Waals surface area contributed by atoms with Crippen LogP contribution in [0.1, 0.15) is 17.0 Å². The standard InChI is InChI=1S/C12H15N5O2/c1-8-4-3-5-10(9(8)2)19-7-12(18)13-6-11-14-16-17-15-11/h3-5H,6-7H2,1-2H3,(H,13,18)(H,14,15,16,17). The van der Waals surface area contributed by atoms with Gasteiger partial charge >= 0.3 is 0 Å². The Bertz CT molecular complexity index is 553. The van der Waals surface area contributed by atoms with Crippen LogP contribution in [0.2, 0.25) is 0 Å². The van der Waals surface area contributed by atoms with E-state index in [1.165, 1.54) is 0 Å². The number of hydrogen-bond acceptors (Lipinski definition) is 5. The fraction of sp³-hybridized carbons (Fsp3) is 0.333. The minimum atomic E-state index is -0.231. The number of carbonyl (C=O) groups is 1. The number of ether oxygens (including phenoxy) is 1. The minimum Gasteiger partial charge on any atom is -0.483 e. The van der Waals surface area contributed by atoms with E-state index in [0.717, 1.165) is 16.9 Å². The summed E-state index contributed by atoms with van der Waals surface area (Å²) in [6, 6.07) is 5.74. The van der Waals surface area contributed by atoms with Gasteiger partial charge in [0.05, 0.1) is 6.54 Å². The summed E-state index contributed by atoms with van der Waals surface area (Å²) in [4.78, 5) is 11.6. The number of aromatic amines is 1. The number of aryl methyl sites for hydroxylation is 1. The fourth-order valence-electron chi connectivity index (χ4n) is 1.51. The smallest absolute Gasteiger partial charge is 0.258 e. The van der Waals surface area contributed by atoms with Gasteiger partial charge in [-0.2, -0.15) is 5.21 Å². The first-order valence-corrected chi connectivity index (χ1v) is 5.85. The maximum absolute atomic E-state index is 11.6. The average Bonchev–Trinajstić information content (AvgIpc) is 2.91. The van der Waals surface area contributed by atoms with E-state index in [4.69, 9.17) is 4.74 Å². The van der Waals surface area contributed by atoms with E-state index in [-0.39, 0.29) is 19.1 Å². The van der Waals surface area contributed by atoms with Gasteiger partial charge in [-0.3, -0.25) is 4.79 Å². The molecule has 0 aliphatic carbocycles. The predicted molar refractivity (Wildman–Crippen MR) is 67.4 cm³/mol. The highest BCUT2D eigenvalue weighted by Gasteiger charge is 2.07. The largest absolute Gasteiger partial charge is 0.483 e. The molecule has 0 spiro atoms. The van der Waals surface area contributed by atoms with Crippen LogP contribution in [0.15, 0.2) is 18.2 Å². The highest BCUT2D eigenvalue weighted by atomic mass is 16.5. The van der Waals surface area contributed by atoms with Gasteiger partial charge in [-0.25, -0.2) is 0 Å². The zero-order valence-electron chi connectivity index (χ0n) is 10.8. The van der Waals surface area contributed by atoms with E-state index in [2.05, 4.69) is 25.9 Å². The highest BCUT2D eigenvalue weighted by molar-refractivity contribution is 5.77. The molecule has 0 unspecified atom stereocenters. The van der Waals surface area contributed by atoms with Crippen LogP contribution >= 0.6 is 0 Å². The van der Waals surface area contributed by atoms with Crippen molar-refractivity contribution in [3.05, 3.63) is 35.2 Å². The summed E-state index contributed by atoms with van der Waals surface area (Å²) in [5, 5.41) is 15.8. The Morgan fingerprint density at radius 3 is 3.00 bits per heavy atom. The number of benzene rings is 1. The number of rotatable bonds is 5. The highest BCUT2D eigenvalue weighted by Crippen LogP contribution is 2.20. The van der Waals surface area contributed by atoms with E-state index in [0.29, 0.717) is 5.82 Å². The minimum absolute atomic E-state index is 0.0395. The van der Waals surface area contributed by atoms with E-state index in [9.17, 15) is 4.79 Å². The van der Waals surface area contributed by atoms with Gasteiger partial charge in [-0.1, -0.05) is 17.3 Å². The number of carbonyl (C=O) groups excluding carboxylic acids is 1. The molecule has 0 bridgehead atoms. The van der Waals surface area contributed by atoms with Crippen molar-refractivity contribution >= 4 is 5.91 Å². The number of amides is 1. The first-order chi connectivity index (χ1) is 9.16. The lowest BCUT2D eigenvalue weighted by molar-refractivity contribution is -0.123. The SMILES string of the molecule is Cc1cccc(OCC(=O)NCc2nn[nH]n2)c1C. The third kappa shape index (κ3) is 3.51. The van der Waals surface area contributed by atoms with Gasteiger partial charge < -0.3 is 10.1 Å². The number of nitrogens with one attached hydrogen (secondary N) is 2. The topological polar surface area (TPSA) is 92.8 Å². The van der Waals surface area contributed by atoms with Crippen LogP contribution in [0.3, 0.4) is 0 Å². The molecule has 0 radical (unpaired) electrons. The van der Waals surface area contributed by atoms with Gasteiger partial charge in [0.2, 0.25) is 0 Å². The first kappa shape index (κ1) is 13.0. The van der Waals surface area contributed by atoms with Crippen LogP contribution in [-0.2, 0) is 11.3 Å². The van der Waals surface area contributed by atoms with Crippen LogP contribution in [0.5, 0.6) is 5.75 Å². The molecule has 0 fully saturated rings. The molecule has 7 nitrogen and oxygen atoms in total. The Balaban J connectivity index is 1.81. The van der Waals surface area contributed by atoms with Gasteiger partial charge in [0.15, 0.2) is 12.4 Å². The van der Waals surface area contributed by atoms with Crippen molar-refractivity contribution in [3.8, 4) is 5.75 Å². The molecule has 2 N–H and O–H groups in total. The van der Waals surface area contributed by atoms with Crippen LogP contribution in [0.25, 0.3) is 0 Å². The first-order valence-electron chi connectivity index (χ1n) is 5.85. The summed E-state index contributed by atoms with van der Waals surface area (Å²) in [7, 11) is 0. The lowest BCUT2D eigenvalue weighted by atomic mass is 10.1. The zero-order valence-corrected chi connectivity index (χ0v) is 10.8. The van der Waals surface area contributed by atoms with Crippen molar-refractivity contribution in [1.29, 1.82) is 0 Å². The predicted octanol–water partition coefficient (Wildman–Crippen LogP) is 0.512. The molecule has 2 rings (SSSR count). The Morgan fingerprint density at radius 1 is 1.42 bits per heavy atom. The van der Waals surface area contributed by atoms with E-state index >= 15 is 0 Å². The maximum Gasteiger partial charge on any atom is 0.258 e. The number of aromatic nitrogens is 4. The summed E-state index contributed by atoms with van der Waals surface area (Å²) >= 11 is 0. The molecule has 0 saturated heterocycles. The maximum atomic E-state index is 11.6. The molecule has 1 aromatic carbocycles. The lowest BCUT2D eigenvalue weighted by Crippen LogP contribution is -2.29. The average molecular weight is 261 g/mol. The second-order valence-corrected chi connectivity index (χ2v) is 4.09. The summed E-state index contributed by atoms with van der Waals surface area (Å²) in [5.74, 6) is 0.917. The number of tetrazole rings is 1. The van der Waals surface area contributed by atoms with Crippen molar-refractivity contribution in [2.45, 2.75) is 20.4 Å². The Labute approximate surface area is 110 Å². The molecule has 7 heteroatoms. The number of hydrogen-bond donors (Lipinski definition) is 2. The van der Waals surface area contributed by atoms with Crippen LogP contribution in [-0.4, -0.2) is 33.1 Å². The van der Waals surface area contributed by atoms with Crippen LogP contribution in [0, 0.1) is 13.8 Å². The molecule has 1 aromatic heterocycles. The molecular formula is C12H15N5O2. The van der Waals surface area contributed by atoms with Crippen molar-refractivity contribution < 1.29 is 9.53 Å². The molecule has 1 amide bonds. The van der Waals surface area contributed by atoms with Gasteiger partial charge in [0.1, 0.15) is 5.75 Å². The number of nitrogens with zero attached hydrogens (tertiary/aromatic N) is 3. The molecule has 100 valence electrons. The van der Waals surface area contributed by atoms with Crippen molar-refractivity contribution in [3.63, 3.8) is 0 Å². The summed E-state index contributed by atoms with van der Waals surface area (Å²) in [5.41, 5.74) is 2.16. The Hall–Kier alpha value is -2.44.